The molecule has 3 heteroatoms. The highest BCUT2D eigenvalue weighted by atomic mass is 16.1. The van der Waals surface area contributed by atoms with Crippen LogP contribution in [0, 0.1) is 11.3 Å². The number of Topliss-reactive ketones (excluding diaryl/α,β-unsaturated/α-hetero) is 1. The van der Waals surface area contributed by atoms with Gasteiger partial charge in [0.05, 0.1) is 17.7 Å². The zero-order valence-corrected chi connectivity index (χ0v) is 10.4. The molecule has 2 rings (SSSR count). The first-order chi connectivity index (χ1) is 9.20. The number of ketones is 1. The van der Waals surface area contributed by atoms with Gasteiger partial charge in [0.1, 0.15) is 0 Å². The number of hydrogen-bond donors (Lipinski definition) is 1. The molecule has 0 bridgehead atoms. The van der Waals surface area contributed by atoms with Gasteiger partial charge in [-0.2, -0.15) is 5.26 Å². The van der Waals surface area contributed by atoms with Gasteiger partial charge in [-0.3, -0.25) is 4.79 Å². The summed E-state index contributed by atoms with van der Waals surface area (Å²) in [5.41, 5.74) is 8.20. The SMILES string of the molecule is N#Cc1ccc(C(N)C(=O)Cc2ccccc2)cc1. The molecule has 0 heterocycles. The number of carbonyl (C=O) groups excluding carboxylic acids is 1. The number of nitrogens with zero attached hydrogens (tertiary/aromatic N) is 1. The van der Waals surface area contributed by atoms with E-state index in [1.807, 2.05) is 36.4 Å². The first kappa shape index (κ1) is 13.0. The fourth-order valence-electron chi connectivity index (χ4n) is 1.86. The average molecular weight is 250 g/mol. The van der Waals surface area contributed by atoms with Crippen molar-refractivity contribution in [2.75, 3.05) is 0 Å². The Morgan fingerprint density at radius 3 is 2.32 bits per heavy atom. The Balaban J connectivity index is 2.08. The molecule has 2 aromatic carbocycles. The molecule has 0 fully saturated rings. The van der Waals surface area contributed by atoms with Crippen LogP contribution in [0.5, 0.6) is 0 Å². The van der Waals surface area contributed by atoms with Crippen molar-refractivity contribution >= 4 is 5.78 Å². The molecule has 19 heavy (non-hydrogen) atoms. The molecule has 2 aromatic rings. The summed E-state index contributed by atoms with van der Waals surface area (Å²) < 4.78 is 0. The summed E-state index contributed by atoms with van der Waals surface area (Å²) in [6.07, 6.45) is 0.321. The topological polar surface area (TPSA) is 66.9 Å². The quantitative estimate of drug-likeness (QED) is 0.905. The molecule has 1 unspecified atom stereocenters. The first-order valence-electron chi connectivity index (χ1n) is 6.03. The second kappa shape index (κ2) is 5.94. The average Bonchev–Trinajstić information content (AvgIpc) is 2.47. The van der Waals surface area contributed by atoms with Gasteiger partial charge in [0.15, 0.2) is 5.78 Å². The molecule has 0 spiro atoms. The molecule has 0 saturated carbocycles. The summed E-state index contributed by atoms with van der Waals surface area (Å²) in [7, 11) is 0. The van der Waals surface area contributed by atoms with Gasteiger partial charge in [-0.05, 0) is 23.3 Å². The van der Waals surface area contributed by atoms with Crippen LogP contribution in [0.4, 0.5) is 0 Å². The van der Waals surface area contributed by atoms with E-state index in [1.54, 1.807) is 24.3 Å². The van der Waals surface area contributed by atoms with Crippen LogP contribution in [-0.2, 0) is 11.2 Å². The van der Waals surface area contributed by atoms with Gasteiger partial charge in [0.2, 0.25) is 0 Å². The third-order valence-electron chi connectivity index (χ3n) is 2.97. The molecule has 0 aliphatic heterocycles. The molecule has 0 aliphatic carbocycles. The summed E-state index contributed by atoms with van der Waals surface area (Å²) in [5, 5.41) is 8.72. The van der Waals surface area contributed by atoms with Crippen LogP contribution in [-0.4, -0.2) is 5.78 Å². The minimum absolute atomic E-state index is 0.0316. The zero-order chi connectivity index (χ0) is 13.7. The highest BCUT2D eigenvalue weighted by Gasteiger charge is 2.15. The van der Waals surface area contributed by atoms with Gasteiger partial charge in [0.25, 0.3) is 0 Å². The number of benzene rings is 2. The van der Waals surface area contributed by atoms with Crippen molar-refractivity contribution in [3.8, 4) is 6.07 Å². The predicted octanol–water partition coefficient (Wildman–Crippen LogP) is 2.37. The number of nitrogens with two attached hydrogens (primary N) is 1. The lowest BCUT2D eigenvalue weighted by Gasteiger charge is -2.11. The molecule has 94 valence electrons. The van der Waals surface area contributed by atoms with Gasteiger partial charge in [-0.25, -0.2) is 0 Å². The molecule has 0 saturated heterocycles. The molecule has 2 N–H and O–H groups in total. The Morgan fingerprint density at radius 1 is 1.11 bits per heavy atom. The second-order valence-corrected chi connectivity index (χ2v) is 4.34. The summed E-state index contributed by atoms with van der Waals surface area (Å²) >= 11 is 0. The molecule has 3 nitrogen and oxygen atoms in total. The smallest absolute Gasteiger partial charge is 0.158 e. The summed E-state index contributed by atoms with van der Waals surface area (Å²) in [4.78, 5) is 12.1. The van der Waals surface area contributed by atoms with Crippen molar-refractivity contribution in [1.29, 1.82) is 5.26 Å². The van der Waals surface area contributed by atoms with E-state index in [4.69, 9.17) is 11.0 Å². The fraction of sp³-hybridized carbons (Fsp3) is 0.125. The second-order valence-electron chi connectivity index (χ2n) is 4.34. The Labute approximate surface area is 112 Å². The van der Waals surface area contributed by atoms with Crippen molar-refractivity contribution in [1.82, 2.24) is 0 Å². The molecule has 0 aliphatic rings. The number of nitriles is 1. The Morgan fingerprint density at radius 2 is 1.74 bits per heavy atom. The van der Waals surface area contributed by atoms with E-state index in [-0.39, 0.29) is 5.78 Å². The van der Waals surface area contributed by atoms with Crippen LogP contribution in [0.25, 0.3) is 0 Å². The monoisotopic (exact) mass is 250 g/mol. The normalized spacial score (nSPS) is 11.6. The van der Waals surface area contributed by atoms with Crippen molar-refractivity contribution in [3.05, 3.63) is 71.3 Å². The minimum atomic E-state index is -0.645. The van der Waals surface area contributed by atoms with Gasteiger partial charge in [0, 0.05) is 6.42 Å². The van der Waals surface area contributed by atoms with Crippen molar-refractivity contribution in [2.24, 2.45) is 5.73 Å². The lowest BCUT2D eigenvalue weighted by atomic mass is 9.98. The summed E-state index contributed by atoms with van der Waals surface area (Å²) in [5.74, 6) is -0.0316. The zero-order valence-electron chi connectivity index (χ0n) is 10.4. The molecule has 0 radical (unpaired) electrons. The third-order valence-corrected chi connectivity index (χ3v) is 2.97. The van der Waals surface area contributed by atoms with Gasteiger partial charge < -0.3 is 5.73 Å². The lowest BCUT2D eigenvalue weighted by Crippen LogP contribution is -2.23. The largest absolute Gasteiger partial charge is 0.318 e. The Hall–Kier alpha value is -2.44. The summed E-state index contributed by atoms with van der Waals surface area (Å²) in [6.45, 7) is 0. The van der Waals surface area contributed by atoms with Crippen LogP contribution in [0.15, 0.2) is 54.6 Å². The predicted molar refractivity (Wildman–Crippen MR) is 73.2 cm³/mol. The van der Waals surface area contributed by atoms with Crippen LogP contribution in [0.2, 0.25) is 0 Å². The molecule has 0 aromatic heterocycles. The number of hydrogen-bond acceptors (Lipinski definition) is 3. The fourth-order valence-corrected chi connectivity index (χ4v) is 1.86. The van der Waals surface area contributed by atoms with E-state index in [9.17, 15) is 4.79 Å². The van der Waals surface area contributed by atoms with Crippen LogP contribution in [0.3, 0.4) is 0 Å². The van der Waals surface area contributed by atoms with E-state index < -0.39 is 6.04 Å². The van der Waals surface area contributed by atoms with Crippen LogP contribution < -0.4 is 5.73 Å². The number of carbonyl (C=O) groups is 1. The maximum atomic E-state index is 12.1. The maximum Gasteiger partial charge on any atom is 0.158 e. The third kappa shape index (κ3) is 3.27. The van der Waals surface area contributed by atoms with E-state index in [1.165, 1.54) is 0 Å². The van der Waals surface area contributed by atoms with Crippen LogP contribution >= 0.6 is 0 Å². The van der Waals surface area contributed by atoms with E-state index in [0.717, 1.165) is 11.1 Å². The standard InChI is InChI=1S/C16H14N2O/c17-11-13-6-8-14(9-7-13)16(18)15(19)10-12-4-2-1-3-5-12/h1-9,16H,10,18H2. The van der Waals surface area contributed by atoms with E-state index in [0.29, 0.717) is 12.0 Å². The summed E-state index contributed by atoms with van der Waals surface area (Å²) in [6, 6.07) is 17.7. The highest BCUT2D eigenvalue weighted by molar-refractivity contribution is 5.87. The highest BCUT2D eigenvalue weighted by Crippen LogP contribution is 2.14. The lowest BCUT2D eigenvalue weighted by molar-refractivity contribution is -0.119. The van der Waals surface area contributed by atoms with Crippen LogP contribution in [0.1, 0.15) is 22.7 Å². The first-order valence-corrected chi connectivity index (χ1v) is 6.03. The molecular formula is C16H14N2O. The van der Waals surface area contributed by atoms with Gasteiger partial charge >= 0.3 is 0 Å². The van der Waals surface area contributed by atoms with Crippen molar-refractivity contribution < 1.29 is 4.79 Å². The van der Waals surface area contributed by atoms with Gasteiger partial charge in [-0.1, -0.05) is 42.5 Å². The maximum absolute atomic E-state index is 12.1. The Bertz CT molecular complexity index is 597. The number of rotatable bonds is 4. The van der Waals surface area contributed by atoms with E-state index >= 15 is 0 Å². The molecular weight excluding hydrogens is 236 g/mol. The van der Waals surface area contributed by atoms with E-state index in [2.05, 4.69) is 0 Å². The Kier molecular flexibility index (Phi) is 4.07. The molecule has 0 amide bonds. The minimum Gasteiger partial charge on any atom is -0.318 e. The van der Waals surface area contributed by atoms with Crippen molar-refractivity contribution in [3.63, 3.8) is 0 Å². The van der Waals surface area contributed by atoms with Crippen molar-refractivity contribution in [2.45, 2.75) is 12.5 Å². The molecule has 1 atom stereocenters. The van der Waals surface area contributed by atoms with Gasteiger partial charge in [-0.15, -0.1) is 0 Å².